The molecule has 3 heterocycles. The van der Waals surface area contributed by atoms with Gasteiger partial charge in [0.2, 0.25) is 0 Å². The molecule has 0 saturated carbocycles. The van der Waals surface area contributed by atoms with Crippen molar-refractivity contribution >= 4 is 85.6 Å². The van der Waals surface area contributed by atoms with E-state index < -0.39 is 0 Å². The number of hydrogen-bond donors (Lipinski definition) is 0. The molecule has 39 heavy (non-hydrogen) atoms. The van der Waals surface area contributed by atoms with Crippen molar-refractivity contribution in [3.05, 3.63) is 126 Å². The molecule has 1 nitrogen and oxygen atoms in total. The molecule has 1 aliphatic carbocycles. The zero-order valence-electron chi connectivity index (χ0n) is 21.1. The van der Waals surface area contributed by atoms with E-state index in [1.165, 1.54) is 79.3 Å². The first kappa shape index (κ1) is 21.7. The second-order valence-corrected chi connectivity index (χ2v) is 12.6. The molecule has 0 unspecified atom stereocenters. The van der Waals surface area contributed by atoms with Crippen LogP contribution in [0.25, 0.3) is 68.6 Å². The Hall–Kier alpha value is -4.18. The molecule has 0 amide bonds. The van der Waals surface area contributed by atoms with Crippen molar-refractivity contribution < 1.29 is 0 Å². The van der Waals surface area contributed by atoms with Crippen LogP contribution in [0, 0.1) is 0 Å². The number of nitrogens with zero attached hydrogens (tertiary/aromatic N) is 1. The summed E-state index contributed by atoms with van der Waals surface area (Å²) in [5.41, 5.74) is 8.19. The van der Waals surface area contributed by atoms with Crippen LogP contribution in [0.2, 0.25) is 0 Å². The number of rotatable bonds is 2. The molecule has 0 bridgehead atoms. The van der Waals surface area contributed by atoms with Gasteiger partial charge in [-0.2, -0.15) is 0 Å². The van der Waals surface area contributed by atoms with Crippen LogP contribution in [0.15, 0.2) is 109 Å². The van der Waals surface area contributed by atoms with E-state index in [0.717, 1.165) is 12.8 Å². The second kappa shape index (κ2) is 8.16. The predicted octanol–water partition coefficient (Wildman–Crippen LogP) is 10.9. The average Bonchev–Trinajstić information content (AvgIpc) is 3.66. The maximum absolute atomic E-state index is 2.52. The van der Waals surface area contributed by atoms with Gasteiger partial charge in [0.15, 0.2) is 0 Å². The van der Waals surface area contributed by atoms with E-state index in [1.807, 2.05) is 22.7 Å². The van der Waals surface area contributed by atoms with Crippen LogP contribution in [-0.4, -0.2) is 4.57 Å². The van der Waals surface area contributed by atoms with Crippen LogP contribution in [0.5, 0.6) is 0 Å². The predicted molar refractivity (Wildman–Crippen MR) is 172 cm³/mol. The van der Waals surface area contributed by atoms with E-state index in [2.05, 4.69) is 120 Å². The Morgan fingerprint density at radius 2 is 1.23 bits per heavy atom. The van der Waals surface area contributed by atoms with Gasteiger partial charge in [-0.05, 0) is 60.4 Å². The van der Waals surface area contributed by atoms with Crippen molar-refractivity contribution in [1.82, 2.24) is 4.57 Å². The highest BCUT2D eigenvalue weighted by Gasteiger charge is 2.23. The van der Waals surface area contributed by atoms with Gasteiger partial charge < -0.3 is 4.57 Å². The molecule has 3 aromatic heterocycles. The highest BCUT2D eigenvalue weighted by molar-refractivity contribution is 7.26. The number of fused-ring (bicyclic) bond motifs is 9. The third-order valence-electron chi connectivity index (χ3n) is 8.34. The molecule has 0 aliphatic heterocycles. The van der Waals surface area contributed by atoms with Gasteiger partial charge in [0.05, 0.1) is 5.52 Å². The monoisotopic (exact) mass is 533 g/mol. The minimum atomic E-state index is 1.03. The summed E-state index contributed by atoms with van der Waals surface area (Å²) in [5.74, 6) is 0. The molecular weight excluding hydrogens is 511 g/mol. The first-order valence-electron chi connectivity index (χ1n) is 13.5. The molecule has 1 aliphatic rings. The quantitative estimate of drug-likeness (QED) is 0.208. The van der Waals surface area contributed by atoms with Crippen LogP contribution >= 0.6 is 22.7 Å². The lowest BCUT2D eigenvalue weighted by atomic mass is 9.90. The third kappa shape index (κ3) is 3.12. The number of allylic oxidation sites excluding steroid dienone is 1. The van der Waals surface area contributed by atoms with Gasteiger partial charge in [0.1, 0.15) is 0 Å². The number of hydrogen-bond acceptors (Lipinski definition) is 2. The molecule has 0 spiro atoms. The molecule has 0 N–H and O–H groups in total. The number of benzene rings is 5. The maximum Gasteiger partial charge on any atom is 0.0537 e. The van der Waals surface area contributed by atoms with Crippen molar-refractivity contribution in [1.29, 1.82) is 0 Å². The van der Waals surface area contributed by atoms with E-state index in [0.29, 0.717) is 0 Å². The third-order valence-corrected chi connectivity index (χ3v) is 10.7. The van der Waals surface area contributed by atoms with Crippen LogP contribution in [0.4, 0.5) is 0 Å². The van der Waals surface area contributed by atoms with Crippen molar-refractivity contribution in [3.63, 3.8) is 0 Å². The summed E-state index contributed by atoms with van der Waals surface area (Å²) in [6, 6.07) is 40.3. The zero-order valence-corrected chi connectivity index (χ0v) is 22.8. The Morgan fingerprint density at radius 3 is 2.10 bits per heavy atom. The van der Waals surface area contributed by atoms with Gasteiger partial charge in [0.25, 0.3) is 0 Å². The first-order valence-corrected chi connectivity index (χ1v) is 15.1. The van der Waals surface area contributed by atoms with E-state index in [4.69, 9.17) is 0 Å². The summed E-state index contributed by atoms with van der Waals surface area (Å²) in [7, 11) is 0. The van der Waals surface area contributed by atoms with Gasteiger partial charge in [-0.1, -0.05) is 78.9 Å². The Morgan fingerprint density at radius 1 is 0.538 bits per heavy atom. The lowest BCUT2D eigenvalue weighted by Crippen LogP contribution is -2.05. The van der Waals surface area contributed by atoms with Crippen molar-refractivity contribution in [3.8, 4) is 5.69 Å². The molecule has 184 valence electrons. The summed E-state index contributed by atoms with van der Waals surface area (Å²) >= 11 is 3.82. The van der Waals surface area contributed by atoms with Gasteiger partial charge in [-0.3, -0.25) is 0 Å². The Bertz CT molecular complexity index is 2290. The Balaban J connectivity index is 1.26. The fraction of sp³-hybridized carbons (Fsp3) is 0.0556. The second-order valence-electron chi connectivity index (χ2n) is 10.4. The Labute approximate surface area is 233 Å². The molecule has 9 rings (SSSR count). The smallest absolute Gasteiger partial charge is 0.0537 e. The summed E-state index contributed by atoms with van der Waals surface area (Å²) in [5, 5.41) is 6.78. The molecule has 3 heteroatoms. The van der Waals surface area contributed by atoms with Gasteiger partial charge in [-0.15, -0.1) is 22.7 Å². The molecule has 0 fully saturated rings. The van der Waals surface area contributed by atoms with E-state index in [9.17, 15) is 0 Å². The summed E-state index contributed by atoms with van der Waals surface area (Å²) in [6.45, 7) is 0. The minimum Gasteiger partial charge on any atom is -0.313 e. The van der Waals surface area contributed by atoms with Crippen molar-refractivity contribution in [2.75, 3.05) is 0 Å². The SMILES string of the molecule is C1=C(c2cccc3c2sc2ccccc23)CCc2c1c1ccccc1n2-c1ccc2c(c1)sc1ccccc12. The van der Waals surface area contributed by atoms with Crippen molar-refractivity contribution in [2.24, 2.45) is 0 Å². The van der Waals surface area contributed by atoms with Gasteiger partial charge >= 0.3 is 0 Å². The van der Waals surface area contributed by atoms with Crippen molar-refractivity contribution in [2.45, 2.75) is 12.8 Å². The van der Waals surface area contributed by atoms with E-state index >= 15 is 0 Å². The van der Waals surface area contributed by atoms with E-state index in [1.54, 1.807) is 0 Å². The largest absolute Gasteiger partial charge is 0.313 e. The molecular formula is C36H23NS2. The molecule has 8 aromatic rings. The summed E-state index contributed by atoms with van der Waals surface area (Å²) < 4.78 is 8.00. The topological polar surface area (TPSA) is 4.93 Å². The average molecular weight is 534 g/mol. The fourth-order valence-corrected chi connectivity index (χ4v) is 8.98. The number of aromatic nitrogens is 1. The molecule has 0 radical (unpaired) electrons. The fourth-order valence-electron chi connectivity index (χ4n) is 6.59. The minimum absolute atomic E-state index is 1.03. The molecule has 0 saturated heterocycles. The summed E-state index contributed by atoms with van der Waals surface area (Å²) in [6.07, 6.45) is 4.55. The first-order chi connectivity index (χ1) is 19.3. The number of para-hydroxylation sites is 1. The van der Waals surface area contributed by atoms with Crippen LogP contribution < -0.4 is 0 Å². The lowest BCUT2D eigenvalue weighted by molar-refractivity contribution is 0.899. The van der Waals surface area contributed by atoms with Gasteiger partial charge in [0, 0.05) is 62.7 Å². The van der Waals surface area contributed by atoms with Crippen LogP contribution in [0.1, 0.15) is 23.2 Å². The molecule has 5 aromatic carbocycles. The normalized spacial score (nSPS) is 13.6. The van der Waals surface area contributed by atoms with Crippen LogP contribution in [-0.2, 0) is 6.42 Å². The lowest BCUT2D eigenvalue weighted by Gasteiger charge is -2.18. The Kier molecular flexibility index (Phi) is 4.54. The highest BCUT2D eigenvalue weighted by atomic mass is 32.1. The maximum atomic E-state index is 2.52. The highest BCUT2D eigenvalue weighted by Crippen LogP contribution is 2.44. The van der Waals surface area contributed by atoms with E-state index in [-0.39, 0.29) is 0 Å². The standard InChI is InChI=1S/C36H23NS2/c1-4-13-31-25(8-1)30-20-22(24-11-7-12-29-27-10-3-6-15-34(27)39-36(24)29)16-19-32(30)37(31)23-17-18-28-26-9-2-5-14-33(26)38-35(28)21-23/h1-15,17-18,20-21H,16,19H2. The molecule has 0 atom stereocenters. The summed E-state index contributed by atoms with van der Waals surface area (Å²) in [4.78, 5) is 0. The number of thiophene rings is 2. The zero-order chi connectivity index (χ0) is 25.5. The van der Waals surface area contributed by atoms with Gasteiger partial charge in [-0.25, -0.2) is 0 Å². The van der Waals surface area contributed by atoms with Crippen LogP contribution in [0.3, 0.4) is 0 Å².